The number of amides is 2. The van der Waals surface area contributed by atoms with E-state index in [0.29, 0.717) is 16.3 Å². The van der Waals surface area contributed by atoms with E-state index >= 15 is 0 Å². The predicted octanol–water partition coefficient (Wildman–Crippen LogP) is 2.20. The van der Waals surface area contributed by atoms with Crippen molar-refractivity contribution < 1.29 is 36.8 Å². The third kappa shape index (κ3) is 7.41. The molecule has 0 aliphatic heterocycles. The molecule has 3 N–H and O–H groups in total. The van der Waals surface area contributed by atoms with Crippen LogP contribution in [0.5, 0.6) is 5.75 Å². The molecule has 2 amide bonds. The van der Waals surface area contributed by atoms with E-state index in [1.807, 2.05) is 0 Å². The summed E-state index contributed by atoms with van der Waals surface area (Å²) in [4.78, 5) is 25.0. The molecule has 2 rings (SSSR count). The highest BCUT2D eigenvalue weighted by atomic mass is 19.4. The second kappa shape index (κ2) is 9.37. The molecule has 0 aliphatic carbocycles. The molecule has 0 fully saturated rings. The van der Waals surface area contributed by atoms with Crippen LogP contribution < -0.4 is 20.3 Å². The van der Waals surface area contributed by atoms with Crippen molar-refractivity contribution in [3.63, 3.8) is 0 Å². The third-order valence-electron chi connectivity index (χ3n) is 4.06. The highest BCUT2D eigenvalue weighted by molar-refractivity contribution is 5.94. The first-order valence-corrected chi connectivity index (χ1v) is 8.58. The molecule has 0 bridgehead atoms. The number of carbonyl (C=O) groups excluding carboxylic acids is 2. The van der Waals surface area contributed by atoms with Crippen LogP contribution in [0.15, 0.2) is 48.5 Å². The summed E-state index contributed by atoms with van der Waals surface area (Å²) in [5.41, 5.74) is 0.724. The number of likely N-dealkylation sites (N-methyl/N-ethyl adjacent to an activating group) is 1. The van der Waals surface area contributed by atoms with Gasteiger partial charge in [0.15, 0.2) is 12.6 Å². The zero-order valence-electron chi connectivity index (χ0n) is 15.6. The van der Waals surface area contributed by atoms with Gasteiger partial charge in [0.1, 0.15) is 11.6 Å². The molecular formula is C19H20F4N3O3+. The van der Waals surface area contributed by atoms with Gasteiger partial charge in [0.25, 0.3) is 11.8 Å². The number of quaternary nitrogens is 1. The number of halogens is 4. The summed E-state index contributed by atoms with van der Waals surface area (Å²) in [6, 6.07) is 9.41. The SMILES string of the molecule is C[C@@H](C(=O)Nc1ccc(F)cc1)[NH+](C)CC(=O)Nc1ccc(OC(F)(F)F)cc1. The minimum Gasteiger partial charge on any atom is -0.406 e. The van der Waals surface area contributed by atoms with E-state index in [9.17, 15) is 27.2 Å². The van der Waals surface area contributed by atoms with Gasteiger partial charge in [-0.1, -0.05) is 0 Å². The third-order valence-corrected chi connectivity index (χ3v) is 4.06. The van der Waals surface area contributed by atoms with Crippen LogP contribution in [0.2, 0.25) is 0 Å². The molecule has 2 aromatic rings. The van der Waals surface area contributed by atoms with Crippen LogP contribution in [0.1, 0.15) is 6.92 Å². The minimum absolute atomic E-state index is 0.0567. The van der Waals surface area contributed by atoms with E-state index in [4.69, 9.17) is 0 Å². The topological polar surface area (TPSA) is 71.9 Å². The van der Waals surface area contributed by atoms with E-state index in [-0.39, 0.29) is 12.5 Å². The summed E-state index contributed by atoms with van der Waals surface area (Å²) in [6.07, 6.45) is -4.79. The van der Waals surface area contributed by atoms with E-state index in [1.54, 1.807) is 14.0 Å². The lowest BCUT2D eigenvalue weighted by atomic mass is 10.2. The number of carbonyl (C=O) groups is 2. The fraction of sp³-hybridized carbons (Fsp3) is 0.263. The Morgan fingerprint density at radius 3 is 2.07 bits per heavy atom. The molecule has 6 nitrogen and oxygen atoms in total. The van der Waals surface area contributed by atoms with Crippen molar-refractivity contribution in [3.8, 4) is 5.75 Å². The molecule has 0 radical (unpaired) electrons. The number of hydrogen-bond acceptors (Lipinski definition) is 3. The zero-order chi connectivity index (χ0) is 21.6. The summed E-state index contributed by atoms with van der Waals surface area (Å²) in [5, 5.41) is 5.18. The molecular weight excluding hydrogens is 394 g/mol. The van der Waals surface area contributed by atoms with Gasteiger partial charge in [-0.15, -0.1) is 13.2 Å². The molecule has 0 aliphatic rings. The second-order valence-corrected chi connectivity index (χ2v) is 6.36. The van der Waals surface area contributed by atoms with Gasteiger partial charge in [-0.25, -0.2) is 4.39 Å². The van der Waals surface area contributed by atoms with Gasteiger partial charge in [0, 0.05) is 11.4 Å². The van der Waals surface area contributed by atoms with Crippen molar-refractivity contribution in [2.24, 2.45) is 0 Å². The highest BCUT2D eigenvalue weighted by Crippen LogP contribution is 2.23. The molecule has 1 unspecified atom stereocenters. The summed E-state index contributed by atoms with van der Waals surface area (Å²) in [7, 11) is 1.65. The second-order valence-electron chi connectivity index (χ2n) is 6.36. The lowest BCUT2D eigenvalue weighted by Gasteiger charge is -2.20. The lowest BCUT2D eigenvalue weighted by molar-refractivity contribution is -0.885. The maximum Gasteiger partial charge on any atom is 0.573 e. The Bertz CT molecular complexity index is 839. The van der Waals surface area contributed by atoms with Crippen molar-refractivity contribution in [3.05, 3.63) is 54.3 Å². The first-order valence-electron chi connectivity index (χ1n) is 8.58. The standard InChI is InChI=1S/C19H19F4N3O3/c1-12(18(28)25-15-5-3-13(20)4-6-15)26(2)11-17(27)24-14-7-9-16(10-8-14)29-19(21,22)23/h3-10,12H,11H2,1-2H3,(H,24,27)(H,25,28)/p+1/t12-/m0/s1. The average molecular weight is 414 g/mol. The molecule has 0 spiro atoms. The Hall–Kier alpha value is -3.14. The fourth-order valence-electron chi connectivity index (χ4n) is 2.36. The highest BCUT2D eigenvalue weighted by Gasteiger charge is 2.31. The van der Waals surface area contributed by atoms with Gasteiger partial charge in [0.2, 0.25) is 0 Å². The van der Waals surface area contributed by atoms with Crippen LogP contribution in [-0.2, 0) is 9.59 Å². The zero-order valence-corrected chi connectivity index (χ0v) is 15.6. The van der Waals surface area contributed by atoms with Crippen molar-refractivity contribution in [2.75, 3.05) is 24.2 Å². The van der Waals surface area contributed by atoms with Gasteiger partial charge in [-0.3, -0.25) is 9.59 Å². The molecule has 2 aromatic carbocycles. The van der Waals surface area contributed by atoms with Crippen LogP contribution in [0.3, 0.4) is 0 Å². The number of benzene rings is 2. The van der Waals surface area contributed by atoms with Crippen molar-refractivity contribution in [1.29, 1.82) is 0 Å². The largest absolute Gasteiger partial charge is 0.573 e. The number of rotatable bonds is 7. The Morgan fingerprint density at radius 1 is 1.00 bits per heavy atom. The van der Waals surface area contributed by atoms with Gasteiger partial charge < -0.3 is 20.3 Å². The Morgan fingerprint density at radius 2 is 1.52 bits per heavy atom. The summed E-state index contributed by atoms with van der Waals surface area (Å²) in [5.74, 6) is -1.60. The van der Waals surface area contributed by atoms with E-state index in [0.717, 1.165) is 12.1 Å². The number of nitrogens with one attached hydrogen (secondary N) is 3. The minimum atomic E-state index is -4.79. The Kier molecular flexibility index (Phi) is 7.16. The Balaban J connectivity index is 1.85. The molecule has 0 heterocycles. The number of hydrogen-bond donors (Lipinski definition) is 3. The number of alkyl halides is 3. The summed E-state index contributed by atoms with van der Waals surface area (Å²) < 4.78 is 53.1. The average Bonchev–Trinajstić information content (AvgIpc) is 2.63. The monoisotopic (exact) mass is 414 g/mol. The predicted molar refractivity (Wildman–Crippen MR) is 98.0 cm³/mol. The normalized spacial score (nSPS) is 13.3. The maximum absolute atomic E-state index is 12.9. The number of anilines is 2. The van der Waals surface area contributed by atoms with Gasteiger partial charge in [0.05, 0.1) is 7.05 Å². The van der Waals surface area contributed by atoms with Crippen LogP contribution >= 0.6 is 0 Å². The van der Waals surface area contributed by atoms with Crippen molar-refractivity contribution in [1.82, 2.24) is 0 Å². The van der Waals surface area contributed by atoms with Crippen LogP contribution in [-0.4, -0.2) is 37.8 Å². The van der Waals surface area contributed by atoms with Gasteiger partial charge in [-0.2, -0.15) is 0 Å². The Labute approximate surface area is 164 Å². The van der Waals surface area contributed by atoms with Gasteiger partial charge in [-0.05, 0) is 55.5 Å². The molecule has 0 saturated heterocycles. The first kappa shape index (κ1) is 22.2. The number of ether oxygens (including phenoxy) is 1. The molecule has 29 heavy (non-hydrogen) atoms. The molecule has 2 atom stereocenters. The first-order chi connectivity index (χ1) is 13.5. The summed E-state index contributed by atoms with van der Waals surface area (Å²) >= 11 is 0. The maximum atomic E-state index is 12.9. The molecule has 10 heteroatoms. The van der Waals surface area contributed by atoms with E-state index < -0.39 is 29.9 Å². The molecule has 156 valence electrons. The van der Waals surface area contributed by atoms with Crippen molar-refractivity contribution in [2.45, 2.75) is 19.3 Å². The van der Waals surface area contributed by atoms with Gasteiger partial charge >= 0.3 is 6.36 Å². The van der Waals surface area contributed by atoms with Crippen LogP contribution in [0.25, 0.3) is 0 Å². The fourth-order valence-corrected chi connectivity index (χ4v) is 2.36. The van der Waals surface area contributed by atoms with E-state index in [2.05, 4.69) is 15.4 Å². The summed E-state index contributed by atoms with van der Waals surface area (Å²) in [6.45, 7) is 1.57. The van der Waals surface area contributed by atoms with Crippen LogP contribution in [0, 0.1) is 5.82 Å². The quantitative estimate of drug-likeness (QED) is 0.609. The lowest BCUT2D eigenvalue weighted by Crippen LogP contribution is -3.14. The smallest absolute Gasteiger partial charge is 0.406 e. The molecule has 0 aromatic heterocycles. The van der Waals surface area contributed by atoms with E-state index in [1.165, 1.54) is 36.4 Å². The van der Waals surface area contributed by atoms with Crippen LogP contribution in [0.4, 0.5) is 28.9 Å². The molecule has 0 saturated carbocycles. The van der Waals surface area contributed by atoms with Crippen molar-refractivity contribution >= 4 is 23.2 Å².